The van der Waals surface area contributed by atoms with E-state index in [2.05, 4.69) is 11.9 Å². The van der Waals surface area contributed by atoms with Crippen LogP contribution in [0.4, 0.5) is 0 Å². The molecule has 10 heteroatoms. The van der Waals surface area contributed by atoms with Gasteiger partial charge in [0.25, 0.3) is 5.56 Å². The minimum absolute atomic E-state index is 0.152. The minimum Gasteiger partial charge on any atom is -0.493 e. The maximum Gasteiger partial charge on any atom is 0.338 e. The van der Waals surface area contributed by atoms with Crippen LogP contribution in [-0.2, 0) is 9.53 Å². The fourth-order valence-corrected chi connectivity index (χ4v) is 5.33. The number of nitrogens with zero attached hydrogens (tertiary/aromatic N) is 2. The molecule has 3 aromatic rings. The van der Waals surface area contributed by atoms with E-state index in [-0.39, 0.29) is 23.3 Å². The van der Waals surface area contributed by atoms with Gasteiger partial charge in [0, 0.05) is 0 Å². The maximum absolute atomic E-state index is 13.8. The molecule has 0 fully saturated rings. The summed E-state index contributed by atoms with van der Waals surface area (Å²) in [4.78, 5) is 43.1. The van der Waals surface area contributed by atoms with E-state index in [1.807, 2.05) is 6.07 Å². The lowest BCUT2D eigenvalue weighted by Gasteiger charge is -2.25. The van der Waals surface area contributed by atoms with E-state index >= 15 is 0 Å². The molecule has 1 N–H and O–H groups in total. The molecule has 39 heavy (non-hydrogen) atoms. The summed E-state index contributed by atoms with van der Waals surface area (Å²) in [6, 6.07) is 10.8. The largest absolute Gasteiger partial charge is 0.493 e. The molecule has 0 bridgehead atoms. The first-order chi connectivity index (χ1) is 18.8. The number of ether oxygens (including phenoxy) is 3. The second kappa shape index (κ2) is 12.1. The van der Waals surface area contributed by atoms with Crippen LogP contribution in [0.1, 0.15) is 61.1 Å². The number of carboxylic acid groups (broad SMARTS) is 1. The molecule has 1 atom stereocenters. The van der Waals surface area contributed by atoms with E-state index < -0.39 is 18.0 Å². The highest BCUT2D eigenvalue weighted by Gasteiger charge is 2.34. The summed E-state index contributed by atoms with van der Waals surface area (Å²) in [6.07, 6.45) is 3.57. The first kappa shape index (κ1) is 27.8. The standard InChI is InChI=1S/C29H30N2O7S/c1-5-7-14-38-21-13-12-20(16-22(21)36-4)25-24(28(35)37-6-2)17(3)30-29-31(25)26(32)23(39-29)15-18-8-10-19(11-9-18)27(33)34/h8-13,15-16,25H,5-7,14H2,1-4H3,(H,33,34)/t25-/m0/s1. The van der Waals surface area contributed by atoms with Crippen LogP contribution in [0.3, 0.4) is 0 Å². The number of methoxy groups -OCH3 is 1. The van der Waals surface area contributed by atoms with Crippen molar-refractivity contribution in [1.29, 1.82) is 0 Å². The minimum atomic E-state index is -1.03. The number of carbonyl (C=O) groups excluding carboxylic acids is 1. The normalized spacial score (nSPS) is 15.0. The lowest BCUT2D eigenvalue weighted by atomic mass is 9.95. The van der Waals surface area contributed by atoms with Gasteiger partial charge in [-0.25, -0.2) is 14.6 Å². The topological polar surface area (TPSA) is 116 Å². The van der Waals surface area contributed by atoms with Gasteiger partial charge in [-0.2, -0.15) is 0 Å². The Morgan fingerprint density at radius 3 is 2.51 bits per heavy atom. The molecule has 1 aromatic heterocycles. The van der Waals surface area contributed by atoms with Crippen LogP contribution in [0.15, 0.2) is 63.5 Å². The van der Waals surface area contributed by atoms with Crippen molar-refractivity contribution in [2.45, 2.75) is 39.7 Å². The number of hydrogen-bond donors (Lipinski definition) is 1. The highest BCUT2D eigenvalue weighted by atomic mass is 32.1. The number of hydrogen-bond acceptors (Lipinski definition) is 8. The zero-order valence-corrected chi connectivity index (χ0v) is 23.0. The van der Waals surface area contributed by atoms with Crippen molar-refractivity contribution in [3.8, 4) is 11.5 Å². The van der Waals surface area contributed by atoms with Gasteiger partial charge in [-0.1, -0.05) is 42.9 Å². The molecule has 0 amide bonds. The highest BCUT2D eigenvalue weighted by Crippen LogP contribution is 2.36. The molecule has 0 spiro atoms. The van der Waals surface area contributed by atoms with Crippen LogP contribution in [0.5, 0.6) is 11.5 Å². The lowest BCUT2D eigenvalue weighted by molar-refractivity contribution is -0.139. The lowest BCUT2D eigenvalue weighted by Crippen LogP contribution is -2.40. The van der Waals surface area contributed by atoms with Gasteiger partial charge in [0.15, 0.2) is 16.3 Å². The zero-order valence-electron chi connectivity index (χ0n) is 22.2. The van der Waals surface area contributed by atoms with Crippen molar-refractivity contribution in [3.63, 3.8) is 0 Å². The van der Waals surface area contributed by atoms with Crippen LogP contribution in [0, 0.1) is 0 Å². The Kier molecular flexibility index (Phi) is 8.65. The maximum atomic E-state index is 13.8. The number of thiazole rings is 1. The van der Waals surface area contributed by atoms with Crippen LogP contribution in [0.25, 0.3) is 6.08 Å². The molecule has 2 aromatic carbocycles. The first-order valence-corrected chi connectivity index (χ1v) is 13.4. The van der Waals surface area contributed by atoms with E-state index in [1.165, 1.54) is 28.0 Å². The summed E-state index contributed by atoms with van der Waals surface area (Å²) in [5.41, 5.74) is 1.86. The number of fused-ring (bicyclic) bond motifs is 1. The number of allylic oxidation sites excluding steroid dienone is 1. The smallest absolute Gasteiger partial charge is 0.338 e. The summed E-state index contributed by atoms with van der Waals surface area (Å²) in [5, 5.41) is 9.17. The number of aromatic carboxylic acids is 1. The Morgan fingerprint density at radius 1 is 1.13 bits per heavy atom. The molecule has 1 aliphatic heterocycles. The quantitative estimate of drug-likeness (QED) is 0.302. The third kappa shape index (κ3) is 5.80. The van der Waals surface area contributed by atoms with Gasteiger partial charge in [0.1, 0.15) is 0 Å². The van der Waals surface area contributed by atoms with E-state index in [0.717, 1.165) is 12.8 Å². The molecule has 204 valence electrons. The Hall–Kier alpha value is -4.18. The molecule has 2 heterocycles. The van der Waals surface area contributed by atoms with Crippen molar-refractivity contribution >= 4 is 29.4 Å². The predicted molar refractivity (Wildman–Crippen MR) is 147 cm³/mol. The predicted octanol–water partition coefficient (Wildman–Crippen LogP) is 3.68. The highest BCUT2D eigenvalue weighted by molar-refractivity contribution is 7.07. The van der Waals surface area contributed by atoms with Crippen LogP contribution >= 0.6 is 11.3 Å². The summed E-state index contributed by atoms with van der Waals surface area (Å²) < 4.78 is 18.7. The van der Waals surface area contributed by atoms with Crippen molar-refractivity contribution in [3.05, 3.63) is 90.1 Å². The second-order valence-corrected chi connectivity index (χ2v) is 9.85. The monoisotopic (exact) mass is 550 g/mol. The molecule has 1 aliphatic rings. The van der Waals surface area contributed by atoms with E-state index in [4.69, 9.17) is 19.3 Å². The number of carboxylic acids is 1. The van der Waals surface area contributed by atoms with Gasteiger partial charge in [0.05, 0.1) is 47.7 Å². The fourth-order valence-electron chi connectivity index (χ4n) is 4.28. The Balaban J connectivity index is 1.87. The van der Waals surface area contributed by atoms with Gasteiger partial charge in [0.2, 0.25) is 0 Å². The van der Waals surface area contributed by atoms with E-state index in [0.29, 0.717) is 44.3 Å². The Bertz CT molecular complexity index is 1600. The van der Waals surface area contributed by atoms with Crippen molar-refractivity contribution < 1.29 is 28.9 Å². The summed E-state index contributed by atoms with van der Waals surface area (Å²) in [7, 11) is 1.54. The average Bonchev–Trinajstić information content (AvgIpc) is 3.22. The SMILES string of the molecule is CCCCOc1ccc([C@H]2C(C(=O)OCC)=C(C)N=c3sc(=Cc4ccc(C(=O)O)cc4)c(=O)n32)cc1OC. The molecule has 9 nitrogen and oxygen atoms in total. The van der Waals surface area contributed by atoms with Crippen LogP contribution in [0.2, 0.25) is 0 Å². The zero-order chi connectivity index (χ0) is 28.1. The molecule has 0 unspecified atom stereocenters. The van der Waals surface area contributed by atoms with Gasteiger partial charge in [-0.05, 0) is 61.7 Å². The van der Waals surface area contributed by atoms with Gasteiger partial charge >= 0.3 is 11.9 Å². The van der Waals surface area contributed by atoms with Crippen LogP contribution in [-0.4, -0.2) is 41.9 Å². The fraction of sp³-hybridized carbons (Fsp3) is 0.310. The van der Waals surface area contributed by atoms with Crippen molar-refractivity contribution in [1.82, 2.24) is 4.57 Å². The van der Waals surface area contributed by atoms with E-state index in [1.54, 1.807) is 51.3 Å². The van der Waals surface area contributed by atoms with Gasteiger partial charge in [-0.15, -0.1) is 0 Å². The molecule has 0 radical (unpaired) electrons. The third-order valence-electron chi connectivity index (χ3n) is 6.23. The summed E-state index contributed by atoms with van der Waals surface area (Å²) in [5.74, 6) is -0.517. The number of esters is 1. The molecule has 4 rings (SSSR count). The average molecular weight is 551 g/mol. The molecular formula is C29H30N2O7S. The molecule has 0 saturated carbocycles. The number of benzene rings is 2. The number of carbonyl (C=O) groups is 2. The van der Waals surface area contributed by atoms with Gasteiger partial charge < -0.3 is 19.3 Å². The number of aromatic nitrogens is 1. The van der Waals surface area contributed by atoms with Crippen molar-refractivity contribution in [2.24, 2.45) is 4.99 Å². The van der Waals surface area contributed by atoms with Crippen LogP contribution < -0.4 is 24.4 Å². The second-order valence-electron chi connectivity index (χ2n) is 8.84. The first-order valence-electron chi connectivity index (χ1n) is 12.6. The number of unbranched alkanes of at least 4 members (excludes halogenated alkanes) is 1. The Morgan fingerprint density at radius 2 is 1.87 bits per heavy atom. The third-order valence-corrected chi connectivity index (χ3v) is 7.21. The molecular weight excluding hydrogens is 520 g/mol. The Labute approximate surface area is 229 Å². The molecule has 0 aliphatic carbocycles. The van der Waals surface area contributed by atoms with E-state index in [9.17, 15) is 14.4 Å². The summed E-state index contributed by atoms with van der Waals surface area (Å²) in [6.45, 7) is 6.24. The summed E-state index contributed by atoms with van der Waals surface area (Å²) >= 11 is 1.19. The van der Waals surface area contributed by atoms with Gasteiger partial charge in [-0.3, -0.25) is 9.36 Å². The number of rotatable bonds is 10. The van der Waals surface area contributed by atoms with Crippen molar-refractivity contribution in [2.75, 3.05) is 20.3 Å². The molecule has 0 saturated heterocycles.